The van der Waals surface area contributed by atoms with Gasteiger partial charge in [0.1, 0.15) is 0 Å². The molecule has 22 heavy (non-hydrogen) atoms. The number of fused-ring (bicyclic) bond motifs is 1. The van der Waals surface area contributed by atoms with E-state index in [4.69, 9.17) is 0 Å². The molecule has 1 N–H and O–H groups in total. The van der Waals surface area contributed by atoms with E-state index >= 15 is 0 Å². The van der Waals surface area contributed by atoms with Gasteiger partial charge in [-0.3, -0.25) is 4.79 Å². The monoisotopic (exact) mass is 313 g/mol. The van der Waals surface area contributed by atoms with Crippen molar-refractivity contribution in [1.29, 1.82) is 0 Å². The fourth-order valence-electron chi connectivity index (χ4n) is 3.14. The summed E-state index contributed by atoms with van der Waals surface area (Å²) in [6, 6.07) is 6.08. The Morgan fingerprint density at radius 1 is 1.14 bits per heavy atom. The van der Waals surface area contributed by atoms with Gasteiger partial charge in [0.05, 0.1) is 0 Å². The zero-order valence-electron chi connectivity index (χ0n) is 12.1. The van der Waals surface area contributed by atoms with Gasteiger partial charge in [0.2, 0.25) is 0 Å². The van der Waals surface area contributed by atoms with Gasteiger partial charge in [0.25, 0.3) is 0 Å². The quantitative estimate of drug-likeness (QED) is 0.854. The predicted octanol–water partition coefficient (Wildman–Crippen LogP) is 1.54. The van der Waals surface area contributed by atoms with Crippen molar-refractivity contribution < 1.29 is 18.0 Å². The van der Waals surface area contributed by atoms with Crippen LogP contribution in [0.2, 0.25) is 0 Å². The third-order valence-electron chi connectivity index (χ3n) is 4.27. The lowest BCUT2D eigenvalue weighted by Crippen LogP contribution is -2.52. The first-order valence-electron chi connectivity index (χ1n) is 7.39. The number of carbonyl (C=O) groups excluding carboxylic acids is 1. The van der Waals surface area contributed by atoms with Crippen LogP contribution in [0.4, 0.5) is 18.9 Å². The Morgan fingerprint density at radius 2 is 1.86 bits per heavy atom. The summed E-state index contributed by atoms with van der Waals surface area (Å²) in [4.78, 5) is 14.3. The summed E-state index contributed by atoms with van der Waals surface area (Å²) in [6.07, 6.45) is -3.85. The van der Waals surface area contributed by atoms with Crippen molar-refractivity contribution in [2.45, 2.75) is 19.1 Å². The highest BCUT2D eigenvalue weighted by Crippen LogP contribution is 2.28. The zero-order chi connectivity index (χ0) is 15.7. The molecule has 2 heterocycles. The minimum Gasteiger partial charge on any atom is -0.368 e. The maximum Gasteiger partial charge on any atom is 0.471 e. The molecule has 120 valence electrons. The molecule has 1 fully saturated rings. The number of hydrogen-bond donors (Lipinski definition) is 1. The minimum atomic E-state index is -4.78. The number of nitrogens with zero attached hydrogens (tertiary/aromatic N) is 2. The van der Waals surface area contributed by atoms with Crippen LogP contribution in [0, 0.1) is 0 Å². The largest absolute Gasteiger partial charge is 0.471 e. The Hall–Kier alpha value is -1.76. The zero-order valence-corrected chi connectivity index (χ0v) is 12.1. The van der Waals surface area contributed by atoms with E-state index in [0.29, 0.717) is 13.1 Å². The van der Waals surface area contributed by atoms with Crippen molar-refractivity contribution in [3.63, 3.8) is 0 Å². The van der Waals surface area contributed by atoms with Crippen molar-refractivity contribution in [3.8, 4) is 0 Å². The van der Waals surface area contributed by atoms with Crippen molar-refractivity contribution in [2.24, 2.45) is 0 Å². The van der Waals surface area contributed by atoms with Gasteiger partial charge in [-0.05, 0) is 30.2 Å². The average Bonchev–Trinajstić information content (AvgIpc) is 2.53. The number of benzene rings is 1. The molecule has 1 aromatic rings. The van der Waals surface area contributed by atoms with Gasteiger partial charge >= 0.3 is 12.1 Å². The van der Waals surface area contributed by atoms with Crippen LogP contribution < -0.4 is 10.2 Å². The van der Waals surface area contributed by atoms with E-state index in [-0.39, 0.29) is 13.1 Å². The molecule has 1 saturated heterocycles. The van der Waals surface area contributed by atoms with Crippen LogP contribution in [0.5, 0.6) is 0 Å². The van der Waals surface area contributed by atoms with Crippen molar-refractivity contribution in [2.75, 3.05) is 37.6 Å². The van der Waals surface area contributed by atoms with E-state index in [0.717, 1.165) is 30.1 Å². The van der Waals surface area contributed by atoms with Gasteiger partial charge in [-0.2, -0.15) is 13.2 Å². The highest BCUT2D eigenvalue weighted by molar-refractivity contribution is 5.82. The summed E-state index contributed by atoms with van der Waals surface area (Å²) in [7, 11) is 0. The van der Waals surface area contributed by atoms with E-state index in [9.17, 15) is 18.0 Å². The molecule has 0 spiro atoms. The van der Waals surface area contributed by atoms with Crippen LogP contribution >= 0.6 is 0 Å². The van der Waals surface area contributed by atoms with E-state index < -0.39 is 12.1 Å². The average molecular weight is 313 g/mol. The summed E-state index contributed by atoms with van der Waals surface area (Å²) in [6.45, 7) is 2.84. The molecule has 0 atom stereocenters. The van der Waals surface area contributed by atoms with Gasteiger partial charge in [-0.15, -0.1) is 0 Å². The molecule has 0 aromatic heterocycles. The molecule has 0 aliphatic carbocycles. The molecule has 0 radical (unpaired) electrons. The first kappa shape index (κ1) is 15.1. The maximum absolute atomic E-state index is 12.5. The second kappa shape index (κ2) is 5.79. The highest BCUT2D eigenvalue weighted by atomic mass is 19.4. The van der Waals surface area contributed by atoms with Crippen LogP contribution in [0.1, 0.15) is 11.1 Å². The first-order valence-corrected chi connectivity index (χ1v) is 7.39. The standard InChI is InChI=1S/C15H18F3N3O/c16-15(17,18)14(22)21-8-6-20(7-9-21)13-3-1-2-11-10-19-5-4-12(11)13/h1-3,19H,4-10H2. The second-order valence-corrected chi connectivity index (χ2v) is 5.62. The molecule has 0 bridgehead atoms. The fraction of sp³-hybridized carbons (Fsp3) is 0.533. The Kier molecular flexibility index (Phi) is 3.99. The molecule has 0 unspecified atom stereocenters. The van der Waals surface area contributed by atoms with Crippen molar-refractivity contribution in [3.05, 3.63) is 29.3 Å². The lowest BCUT2D eigenvalue weighted by molar-refractivity contribution is -0.185. The molecule has 0 saturated carbocycles. The van der Waals surface area contributed by atoms with Crippen LogP contribution in [0.3, 0.4) is 0 Å². The predicted molar refractivity (Wildman–Crippen MR) is 76.7 cm³/mol. The molecule has 2 aliphatic rings. The number of anilines is 1. The third kappa shape index (κ3) is 2.90. The van der Waals surface area contributed by atoms with E-state index in [1.165, 1.54) is 11.1 Å². The topological polar surface area (TPSA) is 35.6 Å². The normalized spacial score (nSPS) is 19.0. The molecule has 4 nitrogen and oxygen atoms in total. The number of nitrogens with one attached hydrogen (secondary N) is 1. The molecular formula is C15H18F3N3O. The molecule has 2 aliphatic heterocycles. The van der Waals surface area contributed by atoms with E-state index in [2.05, 4.69) is 16.3 Å². The molecule has 3 rings (SSSR count). The third-order valence-corrected chi connectivity index (χ3v) is 4.27. The van der Waals surface area contributed by atoms with Crippen LogP contribution in [-0.4, -0.2) is 49.7 Å². The number of carbonyl (C=O) groups is 1. The number of rotatable bonds is 1. The maximum atomic E-state index is 12.5. The first-order chi connectivity index (χ1) is 10.5. The molecular weight excluding hydrogens is 295 g/mol. The summed E-state index contributed by atoms with van der Waals surface area (Å²) in [5.41, 5.74) is 3.62. The lowest BCUT2D eigenvalue weighted by atomic mass is 9.98. The smallest absolute Gasteiger partial charge is 0.368 e. The Bertz CT molecular complexity index is 566. The summed E-state index contributed by atoms with van der Waals surface area (Å²) >= 11 is 0. The van der Waals surface area contributed by atoms with Crippen molar-refractivity contribution >= 4 is 11.6 Å². The second-order valence-electron chi connectivity index (χ2n) is 5.62. The Morgan fingerprint density at radius 3 is 2.55 bits per heavy atom. The number of piperazine rings is 1. The van der Waals surface area contributed by atoms with E-state index in [1.807, 2.05) is 12.1 Å². The minimum absolute atomic E-state index is 0.111. The van der Waals surface area contributed by atoms with Gasteiger partial charge in [0, 0.05) is 38.4 Å². The summed E-state index contributed by atoms with van der Waals surface area (Å²) < 4.78 is 37.4. The Labute approximate surface area is 126 Å². The van der Waals surface area contributed by atoms with E-state index in [1.54, 1.807) is 0 Å². The van der Waals surface area contributed by atoms with Gasteiger partial charge < -0.3 is 15.1 Å². The van der Waals surface area contributed by atoms with Crippen molar-refractivity contribution in [1.82, 2.24) is 10.2 Å². The number of amides is 1. The SMILES string of the molecule is O=C(N1CCN(c2cccc3c2CCNC3)CC1)C(F)(F)F. The molecule has 7 heteroatoms. The Balaban J connectivity index is 1.71. The highest BCUT2D eigenvalue weighted by Gasteiger charge is 2.43. The summed E-state index contributed by atoms with van der Waals surface area (Å²) in [5.74, 6) is -1.73. The van der Waals surface area contributed by atoms with Gasteiger partial charge in [-0.25, -0.2) is 0 Å². The number of hydrogen-bond acceptors (Lipinski definition) is 3. The fourth-order valence-corrected chi connectivity index (χ4v) is 3.14. The molecule has 1 aromatic carbocycles. The summed E-state index contributed by atoms with van der Waals surface area (Å²) in [5, 5.41) is 3.31. The van der Waals surface area contributed by atoms with Crippen LogP contribution in [0.25, 0.3) is 0 Å². The van der Waals surface area contributed by atoms with Gasteiger partial charge in [0.15, 0.2) is 0 Å². The number of alkyl halides is 3. The van der Waals surface area contributed by atoms with Crippen LogP contribution in [-0.2, 0) is 17.8 Å². The molecule has 1 amide bonds. The van der Waals surface area contributed by atoms with Crippen LogP contribution in [0.15, 0.2) is 18.2 Å². The number of halogens is 3. The van der Waals surface area contributed by atoms with Gasteiger partial charge in [-0.1, -0.05) is 12.1 Å². The lowest BCUT2D eigenvalue weighted by Gasteiger charge is -2.38.